The van der Waals surface area contributed by atoms with E-state index in [-0.39, 0.29) is 23.4 Å². The Morgan fingerprint density at radius 1 is 0.875 bits per heavy atom. The molecule has 4 rings (SSSR count). The van der Waals surface area contributed by atoms with Gasteiger partial charge in [0.2, 0.25) is 5.78 Å². The molecule has 0 aromatic heterocycles. The van der Waals surface area contributed by atoms with Crippen molar-refractivity contribution in [3.8, 4) is 0 Å². The SMILES string of the molecule is O=C1C2=C(OC(/C=C/c3ccccc3)CC2)C(=O)c2ccccc21. The molecule has 0 amide bonds. The summed E-state index contributed by atoms with van der Waals surface area (Å²) in [7, 11) is 0. The quantitative estimate of drug-likeness (QED) is 0.833. The van der Waals surface area contributed by atoms with Gasteiger partial charge in [-0.3, -0.25) is 9.59 Å². The van der Waals surface area contributed by atoms with Crippen molar-refractivity contribution >= 4 is 17.6 Å². The molecule has 2 aromatic carbocycles. The van der Waals surface area contributed by atoms with Crippen LogP contribution in [0.2, 0.25) is 0 Å². The van der Waals surface area contributed by atoms with Gasteiger partial charge in [0.25, 0.3) is 0 Å². The molecule has 3 heteroatoms. The first-order valence-corrected chi connectivity index (χ1v) is 8.05. The van der Waals surface area contributed by atoms with Crippen LogP contribution in [0.4, 0.5) is 0 Å². The Morgan fingerprint density at radius 2 is 1.54 bits per heavy atom. The van der Waals surface area contributed by atoms with E-state index in [2.05, 4.69) is 0 Å². The van der Waals surface area contributed by atoms with E-state index < -0.39 is 0 Å². The maximum Gasteiger partial charge on any atom is 0.228 e. The molecular formula is C21H16O3. The number of hydrogen-bond acceptors (Lipinski definition) is 3. The Hall–Kier alpha value is -2.94. The van der Waals surface area contributed by atoms with E-state index >= 15 is 0 Å². The summed E-state index contributed by atoms with van der Waals surface area (Å²) in [5.41, 5.74) is 2.53. The van der Waals surface area contributed by atoms with Crippen LogP contribution in [0.5, 0.6) is 0 Å². The van der Waals surface area contributed by atoms with E-state index in [0.29, 0.717) is 29.5 Å². The summed E-state index contributed by atoms with van der Waals surface area (Å²) in [5, 5.41) is 0. The first-order chi connectivity index (χ1) is 11.7. The van der Waals surface area contributed by atoms with Gasteiger partial charge in [-0.15, -0.1) is 0 Å². The van der Waals surface area contributed by atoms with Crippen molar-refractivity contribution in [1.29, 1.82) is 0 Å². The van der Waals surface area contributed by atoms with Crippen molar-refractivity contribution in [2.45, 2.75) is 18.9 Å². The van der Waals surface area contributed by atoms with E-state index in [1.165, 1.54) is 0 Å². The van der Waals surface area contributed by atoms with Gasteiger partial charge in [-0.1, -0.05) is 60.7 Å². The van der Waals surface area contributed by atoms with Crippen molar-refractivity contribution in [2.75, 3.05) is 0 Å². The summed E-state index contributed by atoms with van der Waals surface area (Å²) in [6.45, 7) is 0. The normalized spacial score (nSPS) is 19.9. The van der Waals surface area contributed by atoms with E-state index in [1.807, 2.05) is 42.5 Å². The largest absolute Gasteiger partial charge is 0.482 e. The lowest BCUT2D eigenvalue weighted by Crippen LogP contribution is -2.30. The van der Waals surface area contributed by atoms with Crippen molar-refractivity contribution < 1.29 is 14.3 Å². The lowest BCUT2D eigenvalue weighted by molar-refractivity contribution is 0.0743. The van der Waals surface area contributed by atoms with E-state index in [4.69, 9.17) is 4.74 Å². The fourth-order valence-electron chi connectivity index (χ4n) is 3.17. The number of benzene rings is 2. The summed E-state index contributed by atoms with van der Waals surface area (Å²) in [6, 6.07) is 16.9. The summed E-state index contributed by atoms with van der Waals surface area (Å²) in [5.74, 6) is -0.0311. The number of ketones is 2. The van der Waals surface area contributed by atoms with Crippen molar-refractivity contribution in [2.24, 2.45) is 0 Å². The molecule has 2 aliphatic rings. The van der Waals surface area contributed by atoms with Crippen LogP contribution >= 0.6 is 0 Å². The van der Waals surface area contributed by atoms with E-state index in [9.17, 15) is 9.59 Å². The number of fused-ring (bicyclic) bond motifs is 1. The third-order valence-corrected chi connectivity index (χ3v) is 4.42. The molecule has 2 aromatic rings. The summed E-state index contributed by atoms with van der Waals surface area (Å²) in [4.78, 5) is 25.2. The van der Waals surface area contributed by atoms with Crippen LogP contribution in [-0.2, 0) is 4.74 Å². The zero-order valence-electron chi connectivity index (χ0n) is 13.1. The highest BCUT2D eigenvalue weighted by Crippen LogP contribution is 2.34. The molecule has 24 heavy (non-hydrogen) atoms. The van der Waals surface area contributed by atoms with Crippen molar-refractivity contribution in [3.63, 3.8) is 0 Å². The average Bonchev–Trinajstić information content (AvgIpc) is 2.65. The highest BCUT2D eigenvalue weighted by Gasteiger charge is 2.36. The average molecular weight is 316 g/mol. The molecule has 0 fully saturated rings. The van der Waals surface area contributed by atoms with Crippen LogP contribution in [0.3, 0.4) is 0 Å². The second kappa shape index (κ2) is 5.93. The molecule has 118 valence electrons. The van der Waals surface area contributed by atoms with Gasteiger partial charge in [0.05, 0.1) is 0 Å². The lowest BCUT2D eigenvalue weighted by atomic mass is 9.84. The van der Waals surface area contributed by atoms with Crippen LogP contribution in [0.15, 0.2) is 72.0 Å². The first-order valence-electron chi connectivity index (χ1n) is 8.05. The number of Topliss-reactive ketones (excluding diaryl/α,β-unsaturated/α-hetero) is 2. The van der Waals surface area contributed by atoms with Gasteiger partial charge in [0.15, 0.2) is 11.5 Å². The van der Waals surface area contributed by atoms with Gasteiger partial charge in [-0.05, 0) is 24.5 Å². The second-order valence-electron chi connectivity index (χ2n) is 5.98. The molecule has 1 aliphatic carbocycles. The Balaban J connectivity index is 1.61. The molecule has 1 unspecified atom stereocenters. The fourth-order valence-corrected chi connectivity index (χ4v) is 3.17. The molecule has 0 N–H and O–H groups in total. The number of rotatable bonds is 2. The fraction of sp³-hybridized carbons (Fsp3) is 0.143. The number of allylic oxidation sites excluding steroid dienone is 2. The molecule has 3 nitrogen and oxygen atoms in total. The van der Waals surface area contributed by atoms with Crippen LogP contribution in [0.1, 0.15) is 39.1 Å². The highest BCUT2D eigenvalue weighted by molar-refractivity contribution is 6.26. The predicted molar refractivity (Wildman–Crippen MR) is 91.7 cm³/mol. The third kappa shape index (κ3) is 2.48. The maximum atomic E-state index is 12.7. The number of carbonyl (C=O) groups is 2. The summed E-state index contributed by atoms with van der Waals surface area (Å²) >= 11 is 0. The number of carbonyl (C=O) groups excluding carboxylic acids is 2. The smallest absolute Gasteiger partial charge is 0.228 e. The minimum Gasteiger partial charge on any atom is -0.482 e. The minimum atomic E-state index is -0.189. The molecule has 0 saturated heterocycles. The number of ether oxygens (including phenoxy) is 1. The maximum absolute atomic E-state index is 12.7. The Bertz CT molecular complexity index is 875. The van der Waals surface area contributed by atoms with Crippen LogP contribution < -0.4 is 0 Å². The predicted octanol–water partition coefficient (Wildman–Crippen LogP) is 4.21. The van der Waals surface area contributed by atoms with Crippen molar-refractivity contribution in [1.82, 2.24) is 0 Å². The van der Waals surface area contributed by atoms with Gasteiger partial charge in [-0.2, -0.15) is 0 Å². The summed E-state index contributed by atoms with van der Waals surface area (Å²) in [6.07, 6.45) is 5.02. The van der Waals surface area contributed by atoms with Gasteiger partial charge < -0.3 is 4.74 Å². The minimum absolute atomic E-state index is 0.0781. The Labute approximate surface area is 140 Å². The van der Waals surface area contributed by atoms with E-state index in [1.54, 1.807) is 24.3 Å². The molecule has 0 bridgehead atoms. The Kier molecular flexibility index (Phi) is 3.62. The van der Waals surface area contributed by atoms with Crippen molar-refractivity contribution in [3.05, 3.63) is 88.7 Å². The number of hydrogen-bond donors (Lipinski definition) is 0. The van der Waals surface area contributed by atoms with Gasteiger partial charge in [0, 0.05) is 16.7 Å². The monoisotopic (exact) mass is 316 g/mol. The standard InChI is InChI=1S/C21H16O3/c22-19-16-8-4-5-9-17(16)20(23)21-18(19)13-12-15(24-21)11-10-14-6-2-1-3-7-14/h1-11,15H,12-13H2/b11-10+. The van der Waals surface area contributed by atoms with Gasteiger partial charge in [0.1, 0.15) is 6.10 Å². The molecule has 0 spiro atoms. The zero-order chi connectivity index (χ0) is 16.5. The molecule has 1 heterocycles. The molecule has 1 atom stereocenters. The van der Waals surface area contributed by atoms with Gasteiger partial charge in [-0.25, -0.2) is 0 Å². The second-order valence-corrected chi connectivity index (χ2v) is 5.98. The highest BCUT2D eigenvalue weighted by atomic mass is 16.5. The zero-order valence-corrected chi connectivity index (χ0v) is 13.1. The van der Waals surface area contributed by atoms with Crippen LogP contribution in [0, 0.1) is 0 Å². The lowest BCUT2D eigenvalue weighted by Gasteiger charge is -2.29. The van der Waals surface area contributed by atoms with Gasteiger partial charge >= 0.3 is 0 Å². The third-order valence-electron chi connectivity index (χ3n) is 4.42. The molecule has 0 radical (unpaired) electrons. The molecule has 0 saturated carbocycles. The topological polar surface area (TPSA) is 43.4 Å². The first kappa shape index (κ1) is 14.6. The van der Waals surface area contributed by atoms with Crippen LogP contribution in [0.25, 0.3) is 6.08 Å². The van der Waals surface area contributed by atoms with Crippen LogP contribution in [-0.4, -0.2) is 17.7 Å². The molecule has 1 aliphatic heterocycles. The van der Waals surface area contributed by atoms with E-state index in [0.717, 1.165) is 5.56 Å². The Morgan fingerprint density at radius 3 is 2.29 bits per heavy atom. The molecular weight excluding hydrogens is 300 g/mol. The summed E-state index contributed by atoms with van der Waals surface area (Å²) < 4.78 is 5.87.